The molecule has 120 valence electrons. The van der Waals surface area contributed by atoms with Gasteiger partial charge in [-0.15, -0.1) is 0 Å². The molecule has 1 aliphatic carbocycles. The molecule has 1 aromatic heterocycles. The minimum absolute atomic E-state index is 0.0478. The van der Waals surface area contributed by atoms with Crippen molar-refractivity contribution in [1.82, 2.24) is 15.1 Å². The molecule has 6 nitrogen and oxygen atoms in total. The van der Waals surface area contributed by atoms with Gasteiger partial charge in [-0.05, 0) is 45.4 Å². The number of nitrogens with one attached hydrogen (secondary N) is 1. The van der Waals surface area contributed by atoms with Gasteiger partial charge in [0.1, 0.15) is 0 Å². The number of rotatable bonds is 3. The summed E-state index contributed by atoms with van der Waals surface area (Å²) < 4.78 is 5.09. The van der Waals surface area contributed by atoms with Crippen molar-refractivity contribution in [3.05, 3.63) is 17.0 Å². The van der Waals surface area contributed by atoms with E-state index in [1.54, 1.807) is 11.8 Å². The molecular formula is C16H23N3O3. The van der Waals surface area contributed by atoms with Gasteiger partial charge in [-0.25, -0.2) is 0 Å². The van der Waals surface area contributed by atoms with Crippen molar-refractivity contribution in [1.29, 1.82) is 0 Å². The lowest BCUT2D eigenvalue weighted by Gasteiger charge is -2.31. The Hall–Kier alpha value is -1.85. The van der Waals surface area contributed by atoms with E-state index >= 15 is 0 Å². The summed E-state index contributed by atoms with van der Waals surface area (Å²) in [6, 6.07) is 0. The molecule has 2 heterocycles. The van der Waals surface area contributed by atoms with Crippen LogP contribution in [-0.2, 0) is 22.4 Å². The summed E-state index contributed by atoms with van der Waals surface area (Å²) in [7, 11) is 0. The van der Waals surface area contributed by atoms with Gasteiger partial charge in [-0.1, -0.05) is 0 Å². The maximum Gasteiger partial charge on any atom is 0.310 e. The number of esters is 1. The number of hydrogen-bond acceptors (Lipinski definition) is 4. The Balaban J connectivity index is 1.72. The average molecular weight is 305 g/mol. The van der Waals surface area contributed by atoms with Crippen molar-refractivity contribution in [2.75, 3.05) is 19.7 Å². The fourth-order valence-corrected chi connectivity index (χ4v) is 3.42. The van der Waals surface area contributed by atoms with E-state index in [2.05, 4.69) is 10.2 Å². The lowest BCUT2D eigenvalue weighted by molar-refractivity contribution is -0.149. The number of H-pyrrole nitrogens is 1. The molecule has 1 aromatic rings. The smallest absolute Gasteiger partial charge is 0.310 e. The third kappa shape index (κ3) is 2.87. The highest BCUT2D eigenvalue weighted by Gasteiger charge is 2.32. The van der Waals surface area contributed by atoms with Gasteiger partial charge in [-0.2, -0.15) is 5.10 Å². The Morgan fingerprint density at radius 3 is 2.95 bits per heavy atom. The topological polar surface area (TPSA) is 75.3 Å². The molecule has 1 atom stereocenters. The molecule has 0 spiro atoms. The summed E-state index contributed by atoms with van der Waals surface area (Å²) in [4.78, 5) is 26.4. The van der Waals surface area contributed by atoms with Crippen LogP contribution < -0.4 is 0 Å². The predicted octanol–water partition coefficient (Wildman–Crippen LogP) is 1.70. The predicted molar refractivity (Wildman–Crippen MR) is 80.5 cm³/mol. The molecule has 0 aromatic carbocycles. The number of aromatic amines is 1. The molecule has 3 rings (SSSR count). The zero-order valence-corrected chi connectivity index (χ0v) is 13.1. The average Bonchev–Trinajstić information content (AvgIpc) is 2.98. The van der Waals surface area contributed by atoms with Crippen molar-refractivity contribution in [2.45, 2.75) is 45.4 Å². The second-order valence-corrected chi connectivity index (χ2v) is 6.08. The van der Waals surface area contributed by atoms with Crippen molar-refractivity contribution >= 4 is 11.9 Å². The summed E-state index contributed by atoms with van der Waals surface area (Å²) in [5.41, 5.74) is 2.74. The number of amides is 1. The second kappa shape index (κ2) is 6.50. The highest BCUT2D eigenvalue weighted by molar-refractivity contribution is 5.94. The minimum atomic E-state index is -0.201. The number of carbonyl (C=O) groups is 2. The Morgan fingerprint density at radius 1 is 1.32 bits per heavy atom. The summed E-state index contributed by atoms with van der Waals surface area (Å²) in [6.45, 7) is 3.32. The standard InChI is InChI=1S/C16H23N3O3/c1-2-22-16(21)11-6-5-9-19(10-11)15(20)14-12-7-3-4-8-13(12)17-18-14/h11H,2-10H2,1H3,(H,17,18)/t11-/m1/s1. The first-order chi connectivity index (χ1) is 10.7. The zero-order valence-electron chi connectivity index (χ0n) is 13.1. The van der Waals surface area contributed by atoms with E-state index in [1.165, 1.54) is 0 Å². The molecule has 2 aliphatic rings. The maximum absolute atomic E-state index is 12.8. The Labute approximate surface area is 130 Å². The van der Waals surface area contributed by atoms with Crippen LogP contribution in [-0.4, -0.2) is 46.7 Å². The van der Waals surface area contributed by atoms with Crippen LogP contribution in [0.4, 0.5) is 0 Å². The van der Waals surface area contributed by atoms with E-state index in [4.69, 9.17) is 4.74 Å². The molecule has 1 fully saturated rings. The largest absolute Gasteiger partial charge is 0.466 e. The Kier molecular flexibility index (Phi) is 4.45. The molecular weight excluding hydrogens is 282 g/mol. The quantitative estimate of drug-likeness (QED) is 0.863. The number of hydrogen-bond donors (Lipinski definition) is 1. The number of carbonyl (C=O) groups excluding carboxylic acids is 2. The summed E-state index contributed by atoms with van der Waals surface area (Å²) in [5.74, 6) is -0.440. The second-order valence-electron chi connectivity index (χ2n) is 6.08. The van der Waals surface area contributed by atoms with Gasteiger partial charge < -0.3 is 9.64 Å². The number of aromatic nitrogens is 2. The maximum atomic E-state index is 12.8. The van der Waals surface area contributed by atoms with E-state index in [0.29, 0.717) is 25.4 Å². The monoisotopic (exact) mass is 305 g/mol. The van der Waals surface area contributed by atoms with Crippen LogP contribution in [0.15, 0.2) is 0 Å². The highest BCUT2D eigenvalue weighted by atomic mass is 16.5. The molecule has 1 aliphatic heterocycles. The van der Waals surface area contributed by atoms with E-state index in [1.807, 2.05) is 0 Å². The van der Waals surface area contributed by atoms with E-state index < -0.39 is 0 Å². The van der Waals surface area contributed by atoms with Gasteiger partial charge in [0, 0.05) is 24.3 Å². The van der Waals surface area contributed by atoms with Crippen LogP contribution in [0.2, 0.25) is 0 Å². The molecule has 1 N–H and O–H groups in total. The molecule has 1 saturated heterocycles. The highest BCUT2D eigenvalue weighted by Crippen LogP contribution is 2.25. The van der Waals surface area contributed by atoms with Gasteiger partial charge in [0.25, 0.3) is 5.91 Å². The molecule has 1 amide bonds. The normalized spacial score (nSPS) is 21.3. The molecule has 0 unspecified atom stereocenters. The van der Waals surface area contributed by atoms with E-state index in [-0.39, 0.29) is 17.8 Å². The van der Waals surface area contributed by atoms with Crippen molar-refractivity contribution in [2.24, 2.45) is 5.92 Å². The Morgan fingerprint density at radius 2 is 2.14 bits per heavy atom. The third-order valence-corrected chi connectivity index (χ3v) is 4.59. The first-order valence-electron chi connectivity index (χ1n) is 8.22. The third-order valence-electron chi connectivity index (χ3n) is 4.59. The number of fused-ring (bicyclic) bond motifs is 1. The number of ether oxygens (including phenoxy) is 1. The van der Waals surface area contributed by atoms with E-state index in [9.17, 15) is 9.59 Å². The van der Waals surface area contributed by atoms with Crippen molar-refractivity contribution in [3.63, 3.8) is 0 Å². The van der Waals surface area contributed by atoms with Gasteiger partial charge in [-0.3, -0.25) is 14.7 Å². The summed E-state index contributed by atoms with van der Waals surface area (Å²) in [6.07, 6.45) is 5.78. The molecule has 0 radical (unpaired) electrons. The summed E-state index contributed by atoms with van der Waals surface area (Å²) >= 11 is 0. The van der Waals surface area contributed by atoms with Gasteiger partial charge in [0.05, 0.1) is 12.5 Å². The fraction of sp³-hybridized carbons (Fsp3) is 0.688. The first kappa shape index (κ1) is 15.1. The van der Waals surface area contributed by atoms with Crippen LogP contribution in [0.5, 0.6) is 0 Å². The van der Waals surface area contributed by atoms with Crippen LogP contribution >= 0.6 is 0 Å². The van der Waals surface area contributed by atoms with Crippen LogP contribution in [0, 0.1) is 5.92 Å². The van der Waals surface area contributed by atoms with Gasteiger partial charge in [0.15, 0.2) is 5.69 Å². The molecule has 0 bridgehead atoms. The molecule has 22 heavy (non-hydrogen) atoms. The van der Waals surface area contributed by atoms with Crippen molar-refractivity contribution < 1.29 is 14.3 Å². The number of aryl methyl sites for hydroxylation is 1. The van der Waals surface area contributed by atoms with Crippen LogP contribution in [0.3, 0.4) is 0 Å². The molecule has 0 saturated carbocycles. The lowest BCUT2D eigenvalue weighted by Crippen LogP contribution is -2.43. The first-order valence-corrected chi connectivity index (χ1v) is 8.22. The van der Waals surface area contributed by atoms with Gasteiger partial charge in [0.2, 0.25) is 0 Å². The lowest BCUT2D eigenvalue weighted by atomic mass is 9.94. The number of piperidine rings is 1. The Bertz CT molecular complexity index is 567. The number of nitrogens with zero attached hydrogens (tertiary/aromatic N) is 2. The van der Waals surface area contributed by atoms with Crippen LogP contribution in [0.1, 0.15) is 54.4 Å². The van der Waals surface area contributed by atoms with Crippen molar-refractivity contribution in [3.8, 4) is 0 Å². The summed E-state index contributed by atoms with van der Waals surface area (Å²) in [5, 5.41) is 7.26. The number of likely N-dealkylation sites (tertiary alicyclic amines) is 1. The van der Waals surface area contributed by atoms with Crippen LogP contribution in [0.25, 0.3) is 0 Å². The fourth-order valence-electron chi connectivity index (χ4n) is 3.42. The minimum Gasteiger partial charge on any atom is -0.466 e. The zero-order chi connectivity index (χ0) is 15.5. The SMILES string of the molecule is CCOC(=O)[C@@H]1CCCN(C(=O)c2n[nH]c3c2CCCC3)C1. The van der Waals surface area contributed by atoms with E-state index in [0.717, 1.165) is 49.8 Å². The molecule has 6 heteroatoms. The van der Waals surface area contributed by atoms with Gasteiger partial charge >= 0.3 is 5.97 Å².